The molecule has 0 aliphatic carbocycles. The summed E-state index contributed by atoms with van der Waals surface area (Å²) in [5.41, 5.74) is 1.22. The van der Waals surface area contributed by atoms with E-state index >= 15 is 0 Å². The minimum Gasteiger partial charge on any atom is -0.497 e. The molecule has 150 valence electrons. The lowest BCUT2D eigenvalue weighted by molar-refractivity contribution is -0.385. The molecule has 1 heterocycles. The van der Waals surface area contributed by atoms with Crippen molar-refractivity contribution in [2.24, 2.45) is 0 Å². The number of hydrogen-bond donors (Lipinski definition) is 1. The normalized spacial score (nSPS) is 10.3. The van der Waals surface area contributed by atoms with Crippen molar-refractivity contribution in [3.63, 3.8) is 0 Å². The van der Waals surface area contributed by atoms with Crippen molar-refractivity contribution >= 4 is 17.2 Å². The van der Waals surface area contributed by atoms with E-state index < -0.39 is 4.92 Å². The third-order valence-corrected chi connectivity index (χ3v) is 4.18. The number of benzene rings is 2. The summed E-state index contributed by atoms with van der Waals surface area (Å²) in [6.45, 7) is 2.04. The number of anilines is 2. The summed E-state index contributed by atoms with van der Waals surface area (Å²) in [5, 5.41) is 14.6. The first-order valence-corrected chi connectivity index (χ1v) is 8.81. The summed E-state index contributed by atoms with van der Waals surface area (Å²) in [7, 11) is 3.02. The van der Waals surface area contributed by atoms with Crippen LogP contribution in [0.1, 0.15) is 12.5 Å². The van der Waals surface area contributed by atoms with Crippen molar-refractivity contribution in [1.82, 2.24) is 9.97 Å². The fourth-order valence-corrected chi connectivity index (χ4v) is 2.63. The molecule has 2 aromatic carbocycles. The summed E-state index contributed by atoms with van der Waals surface area (Å²) < 4.78 is 16.1. The zero-order valence-electron chi connectivity index (χ0n) is 16.2. The number of nitro groups is 1. The molecule has 9 nitrogen and oxygen atoms in total. The van der Waals surface area contributed by atoms with Crippen LogP contribution in [0.15, 0.2) is 48.8 Å². The monoisotopic (exact) mass is 396 g/mol. The number of nitrogens with one attached hydrogen (secondary N) is 1. The average molecular weight is 396 g/mol. The molecule has 0 saturated heterocycles. The predicted octanol–water partition coefficient (Wildman–Crippen LogP) is 4.50. The van der Waals surface area contributed by atoms with Crippen LogP contribution in [0.2, 0.25) is 0 Å². The van der Waals surface area contributed by atoms with Crippen LogP contribution in [0.5, 0.6) is 23.1 Å². The van der Waals surface area contributed by atoms with E-state index in [9.17, 15) is 10.1 Å². The smallest absolute Gasteiger partial charge is 0.373 e. The zero-order chi connectivity index (χ0) is 20.8. The number of hydrogen-bond acceptors (Lipinski definition) is 8. The van der Waals surface area contributed by atoms with Gasteiger partial charge < -0.3 is 19.5 Å². The molecule has 0 aliphatic rings. The predicted molar refractivity (Wildman–Crippen MR) is 107 cm³/mol. The van der Waals surface area contributed by atoms with Gasteiger partial charge in [0.2, 0.25) is 5.82 Å². The summed E-state index contributed by atoms with van der Waals surface area (Å²) in [4.78, 5) is 19.1. The van der Waals surface area contributed by atoms with E-state index in [1.54, 1.807) is 30.3 Å². The van der Waals surface area contributed by atoms with E-state index in [0.717, 1.165) is 12.0 Å². The molecule has 0 unspecified atom stereocenters. The maximum absolute atomic E-state index is 11.7. The van der Waals surface area contributed by atoms with Gasteiger partial charge in [0.05, 0.1) is 24.8 Å². The summed E-state index contributed by atoms with van der Waals surface area (Å²) in [6.07, 6.45) is 2.08. The van der Waals surface area contributed by atoms with Gasteiger partial charge in [-0.3, -0.25) is 10.1 Å². The number of aryl methyl sites for hydroxylation is 1. The minimum absolute atomic E-state index is 0.0198. The second kappa shape index (κ2) is 8.87. The van der Waals surface area contributed by atoms with Crippen molar-refractivity contribution in [3.05, 3.63) is 64.5 Å². The molecule has 0 bridgehead atoms. The van der Waals surface area contributed by atoms with Crippen LogP contribution in [0, 0.1) is 10.1 Å². The molecule has 3 rings (SSSR count). The SMILES string of the molecule is CCc1ccc(Oc2ncnc(Nc3ccc(OC)cc3OC)c2[N+](=O)[O-])cc1. The third kappa shape index (κ3) is 4.52. The van der Waals surface area contributed by atoms with E-state index in [4.69, 9.17) is 14.2 Å². The lowest BCUT2D eigenvalue weighted by atomic mass is 10.2. The highest BCUT2D eigenvalue weighted by molar-refractivity contribution is 5.72. The number of methoxy groups -OCH3 is 2. The van der Waals surface area contributed by atoms with Crippen LogP contribution in [-0.2, 0) is 6.42 Å². The molecule has 0 radical (unpaired) electrons. The van der Waals surface area contributed by atoms with Gasteiger partial charge in [-0.15, -0.1) is 0 Å². The van der Waals surface area contributed by atoms with Crippen LogP contribution < -0.4 is 19.5 Å². The summed E-state index contributed by atoms with van der Waals surface area (Å²) >= 11 is 0. The highest BCUT2D eigenvalue weighted by Crippen LogP contribution is 2.38. The van der Waals surface area contributed by atoms with Crippen molar-refractivity contribution in [2.45, 2.75) is 13.3 Å². The summed E-state index contributed by atoms with van der Waals surface area (Å²) in [6, 6.07) is 12.3. The number of nitrogens with zero attached hydrogens (tertiary/aromatic N) is 3. The molecular weight excluding hydrogens is 376 g/mol. The van der Waals surface area contributed by atoms with Crippen LogP contribution >= 0.6 is 0 Å². The first-order chi connectivity index (χ1) is 14.0. The van der Waals surface area contributed by atoms with E-state index in [1.807, 2.05) is 19.1 Å². The lowest BCUT2D eigenvalue weighted by Gasteiger charge is -2.13. The Morgan fingerprint density at radius 3 is 2.38 bits per heavy atom. The van der Waals surface area contributed by atoms with Crippen molar-refractivity contribution in [3.8, 4) is 23.1 Å². The standard InChI is InChI=1S/C20H20N4O5/c1-4-13-5-7-14(8-6-13)29-20-18(24(25)26)19(21-12-22-20)23-16-10-9-15(27-2)11-17(16)28-3/h5-12H,4H2,1-3H3,(H,21,22,23). The second-order valence-electron chi connectivity index (χ2n) is 5.92. The molecule has 9 heteroatoms. The van der Waals surface area contributed by atoms with Crippen LogP contribution in [-0.4, -0.2) is 29.1 Å². The second-order valence-corrected chi connectivity index (χ2v) is 5.92. The first-order valence-electron chi connectivity index (χ1n) is 8.81. The van der Waals surface area contributed by atoms with Crippen LogP contribution in [0.4, 0.5) is 17.2 Å². The Labute approximate surface area is 167 Å². The Kier molecular flexibility index (Phi) is 6.08. The van der Waals surface area contributed by atoms with Gasteiger partial charge >= 0.3 is 11.6 Å². The molecule has 1 aromatic heterocycles. The fraction of sp³-hybridized carbons (Fsp3) is 0.200. The summed E-state index contributed by atoms with van der Waals surface area (Å²) in [5.74, 6) is 1.29. The topological polar surface area (TPSA) is 109 Å². The number of aromatic nitrogens is 2. The zero-order valence-corrected chi connectivity index (χ0v) is 16.2. The van der Waals surface area contributed by atoms with Gasteiger partial charge in [-0.05, 0) is 36.2 Å². The first kappa shape index (κ1) is 19.9. The highest BCUT2D eigenvalue weighted by Gasteiger charge is 2.26. The molecule has 0 atom stereocenters. The van der Waals surface area contributed by atoms with Gasteiger partial charge in [-0.1, -0.05) is 19.1 Å². The molecule has 1 N–H and O–H groups in total. The maximum atomic E-state index is 11.7. The van der Waals surface area contributed by atoms with Gasteiger partial charge in [-0.25, -0.2) is 4.98 Å². The van der Waals surface area contributed by atoms with E-state index in [-0.39, 0.29) is 17.4 Å². The Morgan fingerprint density at radius 2 is 1.76 bits per heavy atom. The highest BCUT2D eigenvalue weighted by atomic mass is 16.6. The Hall–Kier alpha value is -3.88. The average Bonchev–Trinajstić information content (AvgIpc) is 2.74. The van der Waals surface area contributed by atoms with Crippen LogP contribution in [0.3, 0.4) is 0 Å². The van der Waals surface area contributed by atoms with Gasteiger partial charge in [0.15, 0.2) is 0 Å². The largest absolute Gasteiger partial charge is 0.497 e. The van der Waals surface area contributed by atoms with Gasteiger partial charge in [0.1, 0.15) is 23.6 Å². The third-order valence-electron chi connectivity index (χ3n) is 4.18. The van der Waals surface area contributed by atoms with Crippen molar-refractivity contribution < 1.29 is 19.1 Å². The molecular formula is C20H20N4O5. The lowest BCUT2D eigenvalue weighted by Crippen LogP contribution is -2.04. The van der Waals surface area contributed by atoms with E-state index in [2.05, 4.69) is 15.3 Å². The Morgan fingerprint density at radius 1 is 1.03 bits per heavy atom. The number of ether oxygens (including phenoxy) is 3. The fourth-order valence-electron chi connectivity index (χ4n) is 2.63. The van der Waals surface area contributed by atoms with E-state index in [1.165, 1.54) is 20.5 Å². The maximum Gasteiger partial charge on any atom is 0.373 e. The molecule has 3 aromatic rings. The van der Waals surface area contributed by atoms with E-state index in [0.29, 0.717) is 22.9 Å². The van der Waals surface area contributed by atoms with Gasteiger partial charge in [0.25, 0.3) is 0 Å². The van der Waals surface area contributed by atoms with Gasteiger partial charge in [0, 0.05) is 6.07 Å². The molecule has 0 saturated carbocycles. The van der Waals surface area contributed by atoms with Crippen molar-refractivity contribution in [1.29, 1.82) is 0 Å². The molecule has 0 aliphatic heterocycles. The number of rotatable bonds is 8. The quantitative estimate of drug-likeness (QED) is 0.438. The van der Waals surface area contributed by atoms with Crippen LogP contribution in [0.25, 0.3) is 0 Å². The molecule has 0 fully saturated rings. The van der Waals surface area contributed by atoms with Gasteiger partial charge in [-0.2, -0.15) is 4.98 Å². The molecule has 0 spiro atoms. The molecule has 0 amide bonds. The Bertz CT molecular complexity index is 1010. The van der Waals surface area contributed by atoms with Crippen molar-refractivity contribution in [2.75, 3.05) is 19.5 Å². The Balaban J connectivity index is 1.95. The molecule has 29 heavy (non-hydrogen) atoms. The minimum atomic E-state index is -0.589.